The van der Waals surface area contributed by atoms with Gasteiger partial charge in [0.2, 0.25) is 5.91 Å². The average Bonchev–Trinajstić information content (AvgIpc) is 3.46. The van der Waals surface area contributed by atoms with Gasteiger partial charge >= 0.3 is 13.2 Å². The summed E-state index contributed by atoms with van der Waals surface area (Å²) in [4.78, 5) is 32.0. The molecule has 1 aromatic rings. The summed E-state index contributed by atoms with van der Waals surface area (Å²) in [6.07, 6.45) is 1.87. The Morgan fingerprint density at radius 1 is 1.21 bits per heavy atom. The van der Waals surface area contributed by atoms with Crippen LogP contribution in [0.3, 0.4) is 0 Å². The number of amides is 2. The number of ether oxygens (including phenoxy) is 1. The van der Waals surface area contributed by atoms with Gasteiger partial charge < -0.3 is 24.3 Å². The Hall–Kier alpha value is -2.39. The average molecular weight is 469 g/mol. The number of aliphatic imine (C=N–C) groups is 1. The Kier molecular flexibility index (Phi) is 6.55. The zero-order chi connectivity index (χ0) is 24.8. The van der Waals surface area contributed by atoms with Gasteiger partial charge in [0.15, 0.2) is 0 Å². The summed E-state index contributed by atoms with van der Waals surface area (Å²) >= 11 is 0. The van der Waals surface area contributed by atoms with Gasteiger partial charge in [-0.15, -0.1) is 0 Å². The predicted octanol–water partition coefficient (Wildman–Crippen LogP) is 2.99. The van der Waals surface area contributed by atoms with Crippen LogP contribution in [0.1, 0.15) is 59.9 Å². The van der Waals surface area contributed by atoms with Crippen molar-refractivity contribution in [3.63, 3.8) is 0 Å². The lowest BCUT2D eigenvalue weighted by Gasteiger charge is -2.32. The molecule has 1 aromatic carbocycles. The lowest BCUT2D eigenvalue weighted by molar-refractivity contribution is -0.134. The number of likely N-dealkylation sites (tertiary alicyclic amines) is 1. The van der Waals surface area contributed by atoms with Crippen molar-refractivity contribution in [2.75, 3.05) is 13.7 Å². The Morgan fingerprint density at radius 3 is 2.50 bits per heavy atom. The molecular weight excluding hydrogens is 433 g/mol. The molecule has 4 rings (SSSR count). The molecule has 0 aromatic heterocycles. The minimum atomic E-state index is -0.632. The third-order valence-electron chi connectivity index (χ3n) is 7.58. The normalized spacial score (nSPS) is 23.6. The van der Waals surface area contributed by atoms with E-state index >= 15 is 0 Å². The van der Waals surface area contributed by atoms with E-state index < -0.39 is 30.5 Å². The second kappa shape index (κ2) is 9.00. The maximum atomic E-state index is 13.4. The van der Waals surface area contributed by atoms with Gasteiger partial charge in [-0.05, 0) is 63.5 Å². The summed E-state index contributed by atoms with van der Waals surface area (Å²) in [5, 5.41) is 2.70. The molecule has 3 aliphatic heterocycles. The number of hydrogen-bond acceptors (Lipinski definition) is 6. The van der Waals surface area contributed by atoms with Crippen LogP contribution in [0.4, 0.5) is 10.5 Å². The molecule has 8 nitrogen and oxygen atoms in total. The van der Waals surface area contributed by atoms with Crippen LogP contribution < -0.4 is 10.8 Å². The number of hydrogen-bond donors (Lipinski definition) is 1. The number of nitrogens with one attached hydrogen (secondary N) is 1. The van der Waals surface area contributed by atoms with Gasteiger partial charge in [0.05, 0.1) is 30.0 Å². The van der Waals surface area contributed by atoms with Crippen LogP contribution in [0, 0.1) is 5.92 Å². The number of rotatable bonds is 5. The zero-order valence-electron chi connectivity index (χ0n) is 21.3. The third kappa shape index (κ3) is 4.47. The van der Waals surface area contributed by atoms with E-state index in [0.717, 1.165) is 35.3 Å². The summed E-state index contributed by atoms with van der Waals surface area (Å²) < 4.78 is 17.2. The highest BCUT2D eigenvalue weighted by Gasteiger charge is 2.52. The van der Waals surface area contributed by atoms with Gasteiger partial charge in [-0.2, -0.15) is 0 Å². The van der Waals surface area contributed by atoms with Crippen LogP contribution in [0.15, 0.2) is 23.2 Å². The molecular formula is C25H36BN3O5. The Bertz CT molecular complexity index is 990. The van der Waals surface area contributed by atoms with Gasteiger partial charge in [0, 0.05) is 18.7 Å². The predicted molar refractivity (Wildman–Crippen MR) is 132 cm³/mol. The maximum absolute atomic E-state index is 13.4. The minimum Gasteiger partial charge on any atom is -0.453 e. The van der Waals surface area contributed by atoms with E-state index in [-0.39, 0.29) is 17.9 Å². The van der Waals surface area contributed by atoms with Crippen molar-refractivity contribution >= 4 is 36.0 Å². The lowest BCUT2D eigenvalue weighted by Crippen LogP contribution is -2.53. The standard InChI is InChI=1S/C25H36BN3O5/c1-15(2)21(28-23(31)32-7)22(30)29-12-8-9-20(29)19-14-16-13-17(10-11-18(16)27-19)26-33-24(3,4)25(5,6)34-26/h10-11,13,15,20-21H,8-9,12,14H2,1-7H3,(H,28,31)/t20-,21?/m0/s1. The first-order valence-electron chi connectivity index (χ1n) is 12.1. The third-order valence-corrected chi connectivity index (χ3v) is 7.58. The first kappa shape index (κ1) is 24.7. The molecule has 0 spiro atoms. The highest BCUT2D eigenvalue weighted by atomic mass is 16.7. The van der Waals surface area contributed by atoms with E-state index in [9.17, 15) is 9.59 Å². The number of alkyl carbamates (subject to hydrolysis) is 1. The number of methoxy groups -OCH3 is 1. The van der Waals surface area contributed by atoms with Crippen LogP contribution in [0.2, 0.25) is 0 Å². The van der Waals surface area contributed by atoms with Crippen molar-refractivity contribution < 1.29 is 23.6 Å². The van der Waals surface area contributed by atoms with Crippen LogP contribution in [-0.2, 0) is 25.3 Å². The molecule has 2 atom stereocenters. The summed E-state index contributed by atoms with van der Waals surface area (Å²) in [5.41, 5.74) is 3.24. The zero-order valence-corrected chi connectivity index (χ0v) is 21.3. The second-order valence-corrected chi connectivity index (χ2v) is 10.8. The van der Waals surface area contributed by atoms with E-state index in [1.165, 1.54) is 7.11 Å². The van der Waals surface area contributed by atoms with E-state index in [1.807, 2.05) is 58.6 Å². The number of fused-ring (bicyclic) bond motifs is 1. The van der Waals surface area contributed by atoms with Crippen molar-refractivity contribution in [3.05, 3.63) is 23.8 Å². The molecule has 1 unspecified atom stereocenters. The van der Waals surface area contributed by atoms with Crippen molar-refractivity contribution in [1.82, 2.24) is 10.2 Å². The number of carbonyl (C=O) groups is 2. The van der Waals surface area contributed by atoms with Crippen molar-refractivity contribution in [2.45, 2.75) is 84.1 Å². The SMILES string of the molecule is COC(=O)NC(C(=O)N1CCC[C@H]1C1=Nc2ccc(B3OC(C)(C)C(C)(C)O3)cc2C1)C(C)C. The monoisotopic (exact) mass is 469 g/mol. The number of carbonyl (C=O) groups excluding carboxylic acids is 2. The summed E-state index contributed by atoms with van der Waals surface area (Å²) in [6.45, 7) is 12.7. The first-order valence-corrected chi connectivity index (χ1v) is 12.1. The summed E-state index contributed by atoms with van der Waals surface area (Å²) in [5.74, 6) is -0.141. The van der Waals surface area contributed by atoms with E-state index in [1.54, 1.807) is 0 Å². The maximum Gasteiger partial charge on any atom is 0.494 e. The Balaban J connectivity index is 1.49. The van der Waals surface area contributed by atoms with Crippen LogP contribution in [0.5, 0.6) is 0 Å². The van der Waals surface area contributed by atoms with Gasteiger partial charge in [0.25, 0.3) is 0 Å². The molecule has 2 amide bonds. The molecule has 0 bridgehead atoms. The molecule has 0 aliphatic carbocycles. The van der Waals surface area contributed by atoms with E-state index in [4.69, 9.17) is 19.0 Å². The topological polar surface area (TPSA) is 89.5 Å². The fourth-order valence-corrected chi connectivity index (χ4v) is 4.82. The molecule has 3 heterocycles. The van der Waals surface area contributed by atoms with Crippen LogP contribution in [0.25, 0.3) is 0 Å². The van der Waals surface area contributed by atoms with E-state index in [2.05, 4.69) is 11.4 Å². The van der Waals surface area contributed by atoms with Crippen molar-refractivity contribution in [3.8, 4) is 0 Å². The molecule has 184 valence electrons. The Morgan fingerprint density at radius 2 is 1.88 bits per heavy atom. The summed E-state index contributed by atoms with van der Waals surface area (Å²) in [6, 6.07) is 5.44. The quantitative estimate of drug-likeness (QED) is 0.670. The fourth-order valence-electron chi connectivity index (χ4n) is 4.82. The highest BCUT2D eigenvalue weighted by Crippen LogP contribution is 2.37. The smallest absolute Gasteiger partial charge is 0.453 e. The minimum absolute atomic E-state index is 0.0574. The molecule has 0 radical (unpaired) electrons. The molecule has 3 aliphatic rings. The van der Waals surface area contributed by atoms with Gasteiger partial charge in [-0.1, -0.05) is 26.0 Å². The lowest BCUT2D eigenvalue weighted by atomic mass is 9.78. The van der Waals surface area contributed by atoms with Crippen molar-refractivity contribution in [2.24, 2.45) is 10.9 Å². The molecule has 9 heteroatoms. The largest absolute Gasteiger partial charge is 0.494 e. The molecule has 2 fully saturated rings. The fraction of sp³-hybridized carbons (Fsp3) is 0.640. The van der Waals surface area contributed by atoms with Crippen LogP contribution in [-0.4, -0.2) is 66.7 Å². The summed E-state index contributed by atoms with van der Waals surface area (Å²) in [7, 11) is 0.887. The number of benzene rings is 1. The van der Waals surface area contributed by atoms with Crippen LogP contribution >= 0.6 is 0 Å². The van der Waals surface area contributed by atoms with Gasteiger partial charge in [-0.3, -0.25) is 9.79 Å². The molecule has 1 N–H and O–H groups in total. The van der Waals surface area contributed by atoms with Gasteiger partial charge in [0.1, 0.15) is 6.04 Å². The Labute approximate surface area is 202 Å². The first-order chi connectivity index (χ1) is 15.9. The number of nitrogens with zero attached hydrogens (tertiary/aromatic N) is 2. The van der Waals surface area contributed by atoms with Gasteiger partial charge in [-0.25, -0.2) is 4.79 Å². The van der Waals surface area contributed by atoms with Crippen molar-refractivity contribution in [1.29, 1.82) is 0 Å². The molecule has 2 saturated heterocycles. The van der Waals surface area contributed by atoms with E-state index in [0.29, 0.717) is 13.0 Å². The second-order valence-electron chi connectivity index (χ2n) is 10.8. The highest BCUT2D eigenvalue weighted by molar-refractivity contribution is 6.62. The molecule has 34 heavy (non-hydrogen) atoms. The molecule has 0 saturated carbocycles.